The number of carbonyl (C=O) groups is 1. The topological polar surface area (TPSA) is 59.4 Å². The maximum atomic E-state index is 12.5. The molecule has 0 saturated carbocycles. The van der Waals surface area contributed by atoms with Crippen molar-refractivity contribution in [3.8, 4) is 0 Å². The van der Waals surface area contributed by atoms with Gasteiger partial charge >= 0.3 is 0 Å². The Kier molecular flexibility index (Phi) is 4.58. The number of aromatic nitrogens is 2. The summed E-state index contributed by atoms with van der Waals surface area (Å²) in [6.07, 6.45) is 1.71. The molecule has 1 N–H and O–H groups in total. The highest BCUT2D eigenvalue weighted by Gasteiger charge is 2.13. The lowest BCUT2D eigenvalue weighted by molar-refractivity contribution is -0.116. The molecule has 1 aliphatic heterocycles. The van der Waals surface area contributed by atoms with Crippen LogP contribution in [0.25, 0.3) is 10.9 Å². The van der Waals surface area contributed by atoms with E-state index in [0.717, 1.165) is 48.7 Å². The monoisotopic (exact) mass is 350 g/mol. The van der Waals surface area contributed by atoms with Crippen molar-refractivity contribution in [1.82, 2.24) is 9.55 Å². The quantitative estimate of drug-likeness (QED) is 0.786. The number of fused-ring (bicyclic) bond motifs is 1. The SMILES string of the molecule is Cc1cc2ccccc2n1CC(=O)Nc1ccc(N2CCOCC2)nc1. The third-order valence-corrected chi connectivity index (χ3v) is 4.69. The Morgan fingerprint density at radius 3 is 2.77 bits per heavy atom. The summed E-state index contributed by atoms with van der Waals surface area (Å²) in [7, 11) is 0. The van der Waals surface area contributed by atoms with Gasteiger partial charge in [-0.3, -0.25) is 4.79 Å². The number of hydrogen-bond acceptors (Lipinski definition) is 4. The second-order valence-electron chi connectivity index (χ2n) is 6.48. The lowest BCUT2D eigenvalue weighted by Crippen LogP contribution is -2.36. The van der Waals surface area contributed by atoms with E-state index < -0.39 is 0 Å². The van der Waals surface area contributed by atoms with Crippen LogP contribution >= 0.6 is 0 Å². The average Bonchev–Trinajstić information content (AvgIpc) is 2.98. The van der Waals surface area contributed by atoms with Crippen LogP contribution < -0.4 is 10.2 Å². The van der Waals surface area contributed by atoms with Gasteiger partial charge in [0.05, 0.1) is 25.1 Å². The van der Waals surface area contributed by atoms with Crippen LogP contribution in [0.15, 0.2) is 48.7 Å². The highest BCUT2D eigenvalue weighted by Crippen LogP contribution is 2.20. The number of carbonyl (C=O) groups excluding carboxylic acids is 1. The maximum Gasteiger partial charge on any atom is 0.244 e. The minimum absolute atomic E-state index is 0.0598. The molecule has 1 aliphatic rings. The number of aryl methyl sites for hydroxylation is 1. The van der Waals surface area contributed by atoms with Crippen molar-refractivity contribution in [2.75, 3.05) is 36.5 Å². The lowest BCUT2D eigenvalue weighted by Gasteiger charge is -2.27. The predicted octanol–water partition coefficient (Wildman–Crippen LogP) is 2.82. The molecule has 0 spiro atoms. The van der Waals surface area contributed by atoms with Crippen LogP contribution in [0, 0.1) is 6.92 Å². The van der Waals surface area contributed by atoms with E-state index in [2.05, 4.69) is 27.3 Å². The van der Waals surface area contributed by atoms with E-state index >= 15 is 0 Å². The first-order valence-electron chi connectivity index (χ1n) is 8.84. The van der Waals surface area contributed by atoms with E-state index in [9.17, 15) is 4.79 Å². The summed E-state index contributed by atoms with van der Waals surface area (Å²) < 4.78 is 7.39. The number of hydrogen-bond donors (Lipinski definition) is 1. The van der Waals surface area contributed by atoms with Gasteiger partial charge in [-0.25, -0.2) is 4.98 Å². The van der Waals surface area contributed by atoms with Crippen LogP contribution in [0.3, 0.4) is 0 Å². The van der Waals surface area contributed by atoms with Crippen molar-refractivity contribution in [2.24, 2.45) is 0 Å². The Morgan fingerprint density at radius 1 is 1.19 bits per heavy atom. The Morgan fingerprint density at radius 2 is 2.00 bits per heavy atom. The Labute approximate surface area is 152 Å². The summed E-state index contributed by atoms with van der Waals surface area (Å²) >= 11 is 0. The fourth-order valence-corrected chi connectivity index (χ4v) is 3.34. The van der Waals surface area contributed by atoms with Gasteiger partial charge in [0.25, 0.3) is 0 Å². The van der Waals surface area contributed by atoms with Crippen LogP contribution in [0.5, 0.6) is 0 Å². The zero-order valence-electron chi connectivity index (χ0n) is 14.8. The number of nitrogens with one attached hydrogen (secondary N) is 1. The second-order valence-corrected chi connectivity index (χ2v) is 6.48. The largest absolute Gasteiger partial charge is 0.378 e. The Hall–Kier alpha value is -2.86. The van der Waals surface area contributed by atoms with Crippen LogP contribution in [0.4, 0.5) is 11.5 Å². The summed E-state index contributed by atoms with van der Waals surface area (Å²) in [6, 6.07) is 14.0. The van der Waals surface area contributed by atoms with Crippen molar-refractivity contribution < 1.29 is 9.53 Å². The number of nitrogens with zero attached hydrogens (tertiary/aromatic N) is 3. The van der Waals surface area contributed by atoms with Crippen molar-refractivity contribution in [2.45, 2.75) is 13.5 Å². The first-order valence-corrected chi connectivity index (χ1v) is 8.84. The molecule has 2 aromatic heterocycles. The fourth-order valence-electron chi connectivity index (χ4n) is 3.34. The van der Waals surface area contributed by atoms with Crippen molar-refractivity contribution in [1.29, 1.82) is 0 Å². The molecule has 0 unspecified atom stereocenters. The van der Waals surface area contributed by atoms with Gasteiger partial charge in [0.1, 0.15) is 12.4 Å². The number of amides is 1. The summed E-state index contributed by atoms with van der Waals surface area (Å²) in [6.45, 7) is 5.45. The summed E-state index contributed by atoms with van der Waals surface area (Å²) in [5, 5.41) is 4.08. The van der Waals surface area contributed by atoms with Gasteiger partial charge in [0.15, 0.2) is 0 Å². The van der Waals surface area contributed by atoms with E-state index in [0.29, 0.717) is 5.69 Å². The Balaban J connectivity index is 1.43. The summed E-state index contributed by atoms with van der Waals surface area (Å²) in [4.78, 5) is 19.1. The molecule has 1 saturated heterocycles. The van der Waals surface area contributed by atoms with Gasteiger partial charge in [-0.2, -0.15) is 0 Å². The second kappa shape index (κ2) is 7.17. The number of pyridine rings is 1. The van der Waals surface area contributed by atoms with Crippen LogP contribution in [0.2, 0.25) is 0 Å². The molecule has 0 aliphatic carbocycles. The maximum absolute atomic E-state index is 12.5. The first kappa shape index (κ1) is 16.6. The van der Waals surface area contributed by atoms with Crippen LogP contribution in [-0.4, -0.2) is 41.8 Å². The number of morpholine rings is 1. The molecule has 6 nitrogen and oxygen atoms in total. The third-order valence-electron chi connectivity index (χ3n) is 4.69. The van der Waals surface area contributed by atoms with Crippen molar-refractivity contribution in [3.63, 3.8) is 0 Å². The molecule has 1 amide bonds. The molecular formula is C20H22N4O2. The van der Waals surface area contributed by atoms with Crippen molar-refractivity contribution >= 4 is 28.3 Å². The molecule has 26 heavy (non-hydrogen) atoms. The molecule has 0 bridgehead atoms. The first-order chi connectivity index (χ1) is 12.7. The third kappa shape index (κ3) is 3.41. The molecule has 1 fully saturated rings. The van der Waals surface area contributed by atoms with Crippen LogP contribution in [-0.2, 0) is 16.1 Å². The highest BCUT2D eigenvalue weighted by molar-refractivity contribution is 5.92. The van der Waals surface area contributed by atoms with E-state index in [1.54, 1.807) is 6.20 Å². The predicted molar refractivity (Wildman–Crippen MR) is 103 cm³/mol. The molecule has 6 heteroatoms. The lowest BCUT2D eigenvalue weighted by atomic mass is 10.2. The van der Waals surface area contributed by atoms with Gasteiger partial charge in [0.2, 0.25) is 5.91 Å². The van der Waals surface area contributed by atoms with E-state index in [1.807, 2.05) is 41.8 Å². The number of rotatable bonds is 4. The van der Waals surface area contributed by atoms with Gasteiger partial charge < -0.3 is 19.5 Å². The molecule has 3 aromatic rings. The molecule has 134 valence electrons. The molecule has 0 atom stereocenters. The zero-order valence-corrected chi connectivity index (χ0v) is 14.8. The standard InChI is InChI=1S/C20H22N4O2/c1-15-12-16-4-2-3-5-18(16)24(15)14-20(25)22-17-6-7-19(21-13-17)23-8-10-26-11-9-23/h2-7,12-13H,8-11,14H2,1H3,(H,22,25). The number of para-hydroxylation sites is 1. The number of ether oxygens (including phenoxy) is 1. The van der Waals surface area contributed by atoms with Gasteiger partial charge in [-0.1, -0.05) is 18.2 Å². The molecule has 4 rings (SSSR count). The number of anilines is 2. The van der Waals surface area contributed by atoms with Crippen LogP contribution in [0.1, 0.15) is 5.69 Å². The van der Waals surface area contributed by atoms with E-state index in [4.69, 9.17) is 4.74 Å². The average molecular weight is 350 g/mol. The number of benzene rings is 1. The molecular weight excluding hydrogens is 328 g/mol. The van der Waals surface area contributed by atoms with Gasteiger partial charge in [-0.05, 0) is 36.6 Å². The van der Waals surface area contributed by atoms with E-state index in [-0.39, 0.29) is 12.5 Å². The normalized spacial score (nSPS) is 14.6. The summed E-state index contributed by atoms with van der Waals surface area (Å²) in [5.74, 6) is 0.855. The zero-order chi connectivity index (χ0) is 17.9. The van der Waals surface area contributed by atoms with Gasteiger partial charge in [0, 0.05) is 24.3 Å². The smallest absolute Gasteiger partial charge is 0.244 e. The fraction of sp³-hybridized carbons (Fsp3) is 0.300. The minimum atomic E-state index is -0.0598. The van der Waals surface area contributed by atoms with Gasteiger partial charge in [-0.15, -0.1) is 0 Å². The minimum Gasteiger partial charge on any atom is -0.378 e. The summed E-state index contributed by atoms with van der Waals surface area (Å²) in [5.41, 5.74) is 2.85. The molecule has 1 aromatic carbocycles. The molecule has 3 heterocycles. The highest BCUT2D eigenvalue weighted by atomic mass is 16.5. The van der Waals surface area contributed by atoms with E-state index in [1.165, 1.54) is 0 Å². The molecule has 0 radical (unpaired) electrons. The van der Waals surface area contributed by atoms with Crippen molar-refractivity contribution in [3.05, 3.63) is 54.4 Å². The Bertz CT molecular complexity index is 911.